The van der Waals surface area contributed by atoms with Crippen LogP contribution in [0.2, 0.25) is 0 Å². The molecule has 0 rings (SSSR count). The van der Waals surface area contributed by atoms with Crippen molar-refractivity contribution in [1.29, 1.82) is 0 Å². The van der Waals surface area contributed by atoms with Crippen LogP contribution >= 0.6 is 0 Å². The molecule has 0 heterocycles. The normalized spacial score (nSPS) is 10.4. The van der Waals surface area contributed by atoms with Crippen LogP contribution in [0.15, 0.2) is 0 Å². The van der Waals surface area contributed by atoms with Gasteiger partial charge in [0.25, 0.3) is 0 Å². The van der Waals surface area contributed by atoms with Crippen molar-refractivity contribution in [2.45, 2.75) is 52.9 Å². The van der Waals surface area contributed by atoms with Gasteiger partial charge in [-0.2, -0.15) is 0 Å². The van der Waals surface area contributed by atoms with Gasteiger partial charge in [0.15, 0.2) is 0 Å². The highest BCUT2D eigenvalue weighted by Crippen LogP contribution is 2.00. The molecule has 0 aromatic rings. The zero-order valence-electron chi connectivity index (χ0n) is 11.8. The predicted octanol–water partition coefficient (Wildman–Crippen LogP) is 3.43. The van der Waals surface area contributed by atoms with E-state index in [4.69, 9.17) is 0 Å². The van der Waals surface area contributed by atoms with Gasteiger partial charge in [0.05, 0.1) is 0 Å². The monoisotopic (exact) mass is 216 g/mol. The first-order valence-corrected chi connectivity index (χ1v) is 6.41. The summed E-state index contributed by atoms with van der Waals surface area (Å²) < 4.78 is 0. The highest BCUT2D eigenvalue weighted by atomic mass is 15.3. The van der Waals surface area contributed by atoms with Gasteiger partial charge in [0, 0.05) is 6.67 Å². The van der Waals surface area contributed by atoms with Crippen molar-refractivity contribution in [3.8, 4) is 0 Å². The van der Waals surface area contributed by atoms with Crippen LogP contribution in [-0.4, -0.2) is 44.2 Å². The van der Waals surface area contributed by atoms with Gasteiger partial charge in [-0.15, -0.1) is 0 Å². The van der Waals surface area contributed by atoms with Gasteiger partial charge in [-0.1, -0.05) is 52.9 Å². The molecule has 0 unspecified atom stereocenters. The molecule has 0 N–H and O–H groups in total. The molecule has 0 atom stereocenters. The third kappa shape index (κ3) is 20.1. The molecular formula is C13H32N2. The van der Waals surface area contributed by atoms with Crippen molar-refractivity contribution in [2.75, 3.05) is 34.4 Å². The molecule has 0 aliphatic carbocycles. The van der Waals surface area contributed by atoms with E-state index in [9.17, 15) is 0 Å². The highest BCUT2D eigenvalue weighted by Gasteiger charge is 1.92. The Hall–Kier alpha value is -0.0800. The van der Waals surface area contributed by atoms with Crippen LogP contribution < -0.4 is 0 Å². The third-order valence-corrected chi connectivity index (χ3v) is 2.27. The van der Waals surface area contributed by atoms with Crippen LogP contribution in [0.5, 0.6) is 0 Å². The summed E-state index contributed by atoms with van der Waals surface area (Å²) in [6, 6.07) is 0. The summed E-state index contributed by atoms with van der Waals surface area (Å²) in [5.74, 6) is 0. The first-order chi connectivity index (χ1) is 7.08. The van der Waals surface area contributed by atoms with Crippen molar-refractivity contribution >= 4 is 0 Å². The minimum atomic E-state index is 1.05. The standard InChI is InChI=1S/C7H16.C6H16N2/c1-3-5-7-6-4-2;1-5-8(4)6-7(2)3/h3-7H2,1-2H3;5-6H2,1-4H3. The summed E-state index contributed by atoms with van der Waals surface area (Å²) in [4.78, 5) is 4.41. The van der Waals surface area contributed by atoms with Gasteiger partial charge in [-0.05, 0) is 27.7 Å². The van der Waals surface area contributed by atoms with Crippen molar-refractivity contribution < 1.29 is 0 Å². The number of unbranched alkanes of at least 4 members (excludes halogenated alkanes) is 4. The Bertz CT molecular complexity index is 98.7. The van der Waals surface area contributed by atoms with Crippen LogP contribution in [0, 0.1) is 0 Å². The molecular weight excluding hydrogens is 184 g/mol. The molecule has 0 spiro atoms. The van der Waals surface area contributed by atoms with E-state index in [0.717, 1.165) is 13.2 Å². The van der Waals surface area contributed by atoms with Gasteiger partial charge in [0.1, 0.15) is 0 Å². The molecule has 0 fully saturated rings. The van der Waals surface area contributed by atoms with Crippen molar-refractivity contribution in [1.82, 2.24) is 9.80 Å². The molecule has 0 aliphatic heterocycles. The zero-order valence-corrected chi connectivity index (χ0v) is 11.8. The lowest BCUT2D eigenvalue weighted by Gasteiger charge is -2.18. The second-order valence-electron chi connectivity index (χ2n) is 4.45. The van der Waals surface area contributed by atoms with Crippen molar-refractivity contribution in [3.05, 3.63) is 0 Å². The topological polar surface area (TPSA) is 6.48 Å². The number of hydrogen-bond donors (Lipinski definition) is 0. The second-order valence-corrected chi connectivity index (χ2v) is 4.45. The Kier molecular flexibility index (Phi) is 16.1. The number of nitrogens with zero attached hydrogens (tertiary/aromatic N) is 2. The van der Waals surface area contributed by atoms with Crippen LogP contribution in [-0.2, 0) is 0 Å². The first-order valence-electron chi connectivity index (χ1n) is 6.41. The van der Waals surface area contributed by atoms with Gasteiger partial charge in [-0.25, -0.2) is 0 Å². The maximum absolute atomic E-state index is 2.25. The Morgan fingerprint density at radius 1 is 0.733 bits per heavy atom. The average Bonchev–Trinajstić information content (AvgIpc) is 2.18. The summed E-state index contributed by atoms with van der Waals surface area (Å²) >= 11 is 0. The Balaban J connectivity index is 0. The molecule has 0 saturated heterocycles. The van der Waals surface area contributed by atoms with E-state index >= 15 is 0 Å². The molecule has 94 valence electrons. The fourth-order valence-corrected chi connectivity index (χ4v) is 1.26. The summed E-state index contributed by atoms with van der Waals surface area (Å²) in [5, 5.41) is 0. The SMILES string of the molecule is CCCCCCC.CCN(C)CN(C)C. The minimum absolute atomic E-state index is 1.05. The minimum Gasteiger partial charge on any atom is -0.297 e. The predicted molar refractivity (Wildman–Crippen MR) is 71.3 cm³/mol. The first kappa shape index (κ1) is 17.3. The molecule has 0 aromatic heterocycles. The van der Waals surface area contributed by atoms with Gasteiger partial charge < -0.3 is 0 Å². The second kappa shape index (κ2) is 13.9. The highest BCUT2D eigenvalue weighted by molar-refractivity contribution is 4.41. The summed E-state index contributed by atoms with van der Waals surface area (Å²) in [5.41, 5.74) is 0. The van der Waals surface area contributed by atoms with Crippen LogP contribution in [0.4, 0.5) is 0 Å². The van der Waals surface area contributed by atoms with E-state index in [1.165, 1.54) is 32.1 Å². The molecule has 2 heteroatoms. The van der Waals surface area contributed by atoms with Gasteiger partial charge >= 0.3 is 0 Å². The molecule has 0 saturated carbocycles. The molecule has 0 amide bonds. The van der Waals surface area contributed by atoms with E-state index in [-0.39, 0.29) is 0 Å². The largest absolute Gasteiger partial charge is 0.297 e. The van der Waals surface area contributed by atoms with Crippen molar-refractivity contribution in [2.24, 2.45) is 0 Å². The smallest absolute Gasteiger partial charge is 0.0497 e. The maximum atomic E-state index is 2.25. The quantitative estimate of drug-likeness (QED) is 0.475. The van der Waals surface area contributed by atoms with E-state index in [0.29, 0.717) is 0 Å². The summed E-state index contributed by atoms with van der Waals surface area (Å²) in [6.45, 7) is 8.82. The zero-order chi connectivity index (χ0) is 12.1. The molecule has 2 nitrogen and oxygen atoms in total. The maximum Gasteiger partial charge on any atom is 0.0497 e. The van der Waals surface area contributed by atoms with E-state index < -0.39 is 0 Å². The van der Waals surface area contributed by atoms with Crippen LogP contribution in [0.25, 0.3) is 0 Å². The fraction of sp³-hybridized carbons (Fsp3) is 1.00. The van der Waals surface area contributed by atoms with Crippen molar-refractivity contribution in [3.63, 3.8) is 0 Å². The summed E-state index contributed by atoms with van der Waals surface area (Å²) in [7, 11) is 6.26. The fourth-order valence-electron chi connectivity index (χ4n) is 1.26. The van der Waals surface area contributed by atoms with E-state index in [1.54, 1.807) is 0 Å². The molecule has 15 heavy (non-hydrogen) atoms. The lowest BCUT2D eigenvalue weighted by Crippen LogP contribution is -2.29. The van der Waals surface area contributed by atoms with Gasteiger partial charge in [0.2, 0.25) is 0 Å². The Labute approximate surface area is 97.6 Å². The molecule has 0 aromatic carbocycles. The average molecular weight is 216 g/mol. The molecule has 0 radical (unpaired) electrons. The molecule has 0 aliphatic rings. The number of hydrogen-bond acceptors (Lipinski definition) is 2. The van der Waals surface area contributed by atoms with Crippen LogP contribution in [0.1, 0.15) is 52.9 Å². The van der Waals surface area contributed by atoms with Crippen LogP contribution in [0.3, 0.4) is 0 Å². The Morgan fingerprint density at radius 3 is 1.40 bits per heavy atom. The third-order valence-electron chi connectivity index (χ3n) is 2.27. The lowest BCUT2D eigenvalue weighted by atomic mass is 10.2. The lowest BCUT2D eigenvalue weighted by molar-refractivity contribution is 0.219. The van der Waals surface area contributed by atoms with E-state index in [1.807, 2.05) is 0 Å². The Morgan fingerprint density at radius 2 is 1.20 bits per heavy atom. The summed E-state index contributed by atoms with van der Waals surface area (Å²) in [6.07, 6.45) is 7.01. The van der Waals surface area contributed by atoms with Gasteiger partial charge in [-0.3, -0.25) is 9.80 Å². The molecule has 0 bridgehead atoms. The van der Waals surface area contributed by atoms with E-state index in [2.05, 4.69) is 51.7 Å². The number of rotatable bonds is 7.